The average molecular weight is 240 g/mol. The van der Waals surface area contributed by atoms with E-state index < -0.39 is 17.7 Å². The van der Waals surface area contributed by atoms with Gasteiger partial charge >= 0.3 is 0 Å². The van der Waals surface area contributed by atoms with Gasteiger partial charge in [-0.25, -0.2) is 13.8 Å². The maximum absolute atomic E-state index is 13.4. The van der Waals surface area contributed by atoms with E-state index in [2.05, 4.69) is 4.98 Å². The molecule has 5 heteroatoms. The highest BCUT2D eigenvalue weighted by molar-refractivity contribution is 7.11. The monoisotopic (exact) mass is 240 g/mol. The Balaban J connectivity index is 2.40. The van der Waals surface area contributed by atoms with Gasteiger partial charge < -0.3 is 5.73 Å². The maximum atomic E-state index is 13.4. The largest absolute Gasteiger partial charge is 0.318 e. The van der Waals surface area contributed by atoms with Crippen LogP contribution in [0.2, 0.25) is 0 Å². The zero-order valence-corrected chi connectivity index (χ0v) is 9.39. The fourth-order valence-corrected chi connectivity index (χ4v) is 2.20. The molecule has 0 aliphatic carbocycles. The number of rotatable bonds is 2. The topological polar surface area (TPSA) is 38.9 Å². The van der Waals surface area contributed by atoms with Crippen LogP contribution >= 0.6 is 11.3 Å². The van der Waals surface area contributed by atoms with Gasteiger partial charge in [-0.05, 0) is 25.1 Å². The van der Waals surface area contributed by atoms with Gasteiger partial charge in [0.2, 0.25) is 0 Å². The molecular weight excluding hydrogens is 230 g/mol. The number of aromatic nitrogens is 1. The number of aryl methyl sites for hydroxylation is 1. The minimum atomic E-state index is -0.714. The summed E-state index contributed by atoms with van der Waals surface area (Å²) < 4.78 is 26.4. The Bertz CT molecular complexity index is 510. The standard InChI is InChI=1S/C11H10F2N2S/c1-6-5-15-11(16-6)10(14)8-4-7(12)2-3-9(8)13/h2-5,10H,14H2,1H3. The van der Waals surface area contributed by atoms with Gasteiger partial charge in [0.15, 0.2) is 0 Å². The van der Waals surface area contributed by atoms with E-state index in [9.17, 15) is 8.78 Å². The number of benzene rings is 1. The molecule has 0 amide bonds. The molecule has 1 atom stereocenters. The highest BCUT2D eigenvalue weighted by Gasteiger charge is 2.17. The fourth-order valence-electron chi connectivity index (χ4n) is 1.40. The Morgan fingerprint density at radius 3 is 2.75 bits per heavy atom. The molecule has 1 heterocycles. The van der Waals surface area contributed by atoms with Crippen molar-refractivity contribution in [2.75, 3.05) is 0 Å². The molecule has 0 aliphatic heterocycles. The molecule has 0 saturated carbocycles. The summed E-state index contributed by atoms with van der Waals surface area (Å²) in [4.78, 5) is 5.06. The third kappa shape index (κ3) is 2.10. The SMILES string of the molecule is Cc1cnc(C(N)c2cc(F)ccc2F)s1. The molecule has 2 nitrogen and oxygen atoms in total. The Morgan fingerprint density at radius 2 is 2.12 bits per heavy atom. The lowest BCUT2D eigenvalue weighted by Crippen LogP contribution is -2.13. The molecule has 1 aromatic heterocycles. The summed E-state index contributed by atoms with van der Waals surface area (Å²) in [6.07, 6.45) is 1.66. The summed E-state index contributed by atoms with van der Waals surface area (Å²) in [5.41, 5.74) is 5.97. The van der Waals surface area contributed by atoms with Crippen LogP contribution in [0, 0.1) is 18.6 Å². The highest BCUT2D eigenvalue weighted by Crippen LogP contribution is 2.26. The number of hydrogen-bond donors (Lipinski definition) is 1. The van der Waals surface area contributed by atoms with Gasteiger partial charge in [-0.2, -0.15) is 0 Å². The van der Waals surface area contributed by atoms with E-state index in [1.54, 1.807) is 6.20 Å². The van der Waals surface area contributed by atoms with Crippen molar-refractivity contribution in [2.45, 2.75) is 13.0 Å². The zero-order valence-electron chi connectivity index (χ0n) is 8.58. The summed E-state index contributed by atoms with van der Waals surface area (Å²) in [5, 5.41) is 0.585. The molecule has 2 N–H and O–H groups in total. The number of halogens is 2. The second-order valence-electron chi connectivity index (χ2n) is 3.45. The van der Waals surface area contributed by atoms with E-state index in [4.69, 9.17) is 5.73 Å². The first-order valence-electron chi connectivity index (χ1n) is 4.71. The molecule has 0 saturated heterocycles. The Kier molecular flexibility index (Phi) is 2.98. The summed E-state index contributed by atoms with van der Waals surface area (Å²) >= 11 is 1.38. The van der Waals surface area contributed by atoms with Crippen LogP contribution in [-0.2, 0) is 0 Å². The predicted octanol–water partition coefficient (Wildman–Crippen LogP) is 2.78. The van der Waals surface area contributed by atoms with Crippen molar-refractivity contribution >= 4 is 11.3 Å². The molecule has 0 fully saturated rings. The third-order valence-electron chi connectivity index (χ3n) is 2.20. The van der Waals surface area contributed by atoms with Crippen LogP contribution in [-0.4, -0.2) is 4.98 Å². The van der Waals surface area contributed by atoms with Gasteiger partial charge in [0.25, 0.3) is 0 Å². The van der Waals surface area contributed by atoms with Crippen molar-refractivity contribution in [1.29, 1.82) is 0 Å². The van der Waals surface area contributed by atoms with E-state index in [0.29, 0.717) is 5.01 Å². The zero-order chi connectivity index (χ0) is 11.7. The summed E-state index contributed by atoms with van der Waals surface area (Å²) in [5.74, 6) is -1.01. The summed E-state index contributed by atoms with van der Waals surface area (Å²) in [6.45, 7) is 1.88. The minimum Gasteiger partial charge on any atom is -0.318 e. The quantitative estimate of drug-likeness (QED) is 0.876. The van der Waals surface area contributed by atoms with Crippen LogP contribution in [0.4, 0.5) is 8.78 Å². The van der Waals surface area contributed by atoms with Crippen molar-refractivity contribution in [3.05, 3.63) is 51.5 Å². The second kappa shape index (κ2) is 4.27. The van der Waals surface area contributed by atoms with Crippen molar-refractivity contribution < 1.29 is 8.78 Å². The molecule has 16 heavy (non-hydrogen) atoms. The van der Waals surface area contributed by atoms with E-state index in [1.165, 1.54) is 11.3 Å². The molecular formula is C11H10F2N2S. The Hall–Kier alpha value is -1.33. The molecule has 0 bridgehead atoms. The molecule has 2 rings (SSSR count). The van der Waals surface area contributed by atoms with Crippen molar-refractivity contribution in [3.8, 4) is 0 Å². The lowest BCUT2D eigenvalue weighted by Gasteiger charge is -2.09. The Labute approximate surface area is 95.7 Å². The number of nitrogens with zero attached hydrogens (tertiary/aromatic N) is 1. The molecule has 0 radical (unpaired) electrons. The number of nitrogens with two attached hydrogens (primary N) is 1. The molecule has 0 spiro atoms. The van der Waals surface area contributed by atoms with Crippen molar-refractivity contribution in [2.24, 2.45) is 5.73 Å². The second-order valence-corrected chi connectivity index (χ2v) is 4.72. The normalized spacial score (nSPS) is 12.8. The van der Waals surface area contributed by atoms with Gasteiger partial charge in [0, 0.05) is 16.6 Å². The summed E-state index contributed by atoms with van der Waals surface area (Å²) in [7, 11) is 0. The molecule has 1 unspecified atom stereocenters. The minimum absolute atomic E-state index is 0.134. The van der Waals surface area contributed by atoms with E-state index in [0.717, 1.165) is 23.1 Å². The molecule has 2 aromatic rings. The van der Waals surface area contributed by atoms with Crippen LogP contribution in [0.5, 0.6) is 0 Å². The molecule has 1 aromatic carbocycles. The maximum Gasteiger partial charge on any atom is 0.128 e. The third-order valence-corrected chi connectivity index (χ3v) is 3.19. The van der Waals surface area contributed by atoms with Gasteiger partial charge in [0.1, 0.15) is 16.6 Å². The van der Waals surface area contributed by atoms with Crippen molar-refractivity contribution in [3.63, 3.8) is 0 Å². The van der Waals surface area contributed by atoms with Crippen molar-refractivity contribution in [1.82, 2.24) is 4.98 Å². The summed E-state index contributed by atoms with van der Waals surface area (Å²) in [6, 6.07) is 2.54. The van der Waals surface area contributed by atoms with Gasteiger partial charge in [-0.3, -0.25) is 0 Å². The lowest BCUT2D eigenvalue weighted by molar-refractivity contribution is 0.576. The Morgan fingerprint density at radius 1 is 1.38 bits per heavy atom. The predicted molar refractivity (Wildman–Crippen MR) is 59.2 cm³/mol. The average Bonchev–Trinajstić information content (AvgIpc) is 2.67. The van der Waals surface area contributed by atoms with Gasteiger partial charge in [-0.15, -0.1) is 11.3 Å². The smallest absolute Gasteiger partial charge is 0.128 e. The van der Waals surface area contributed by atoms with Crippen LogP contribution in [0.1, 0.15) is 21.5 Å². The van der Waals surface area contributed by atoms with Crippen LogP contribution in [0.25, 0.3) is 0 Å². The first kappa shape index (κ1) is 11.2. The fraction of sp³-hybridized carbons (Fsp3) is 0.182. The first-order chi connectivity index (χ1) is 7.58. The lowest BCUT2D eigenvalue weighted by atomic mass is 10.1. The number of thiazole rings is 1. The van der Waals surface area contributed by atoms with Crippen LogP contribution in [0.3, 0.4) is 0 Å². The number of hydrogen-bond acceptors (Lipinski definition) is 3. The molecule has 0 aliphatic rings. The van der Waals surface area contributed by atoms with Crippen LogP contribution in [0.15, 0.2) is 24.4 Å². The van der Waals surface area contributed by atoms with E-state index in [-0.39, 0.29) is 5.56 Å². The van der Waals surface area contributed by atoms with E-state index in [1.807, 2.05) is 6.92 Å². The highest BCUT2D eigenvalue weighted by atomic mass is 32.1. The van der Waals surface area contributed by atoms with Gasteiger partial charge in [-0.1, -0.05) is 0 Å². The first-order valence-corrected chi connectivity index (χ1v) is 5.52. The van der Waals surface area contributed by atoms with Gasteiger partial charge in [0.05, 0.1) is 6.04 Å². The van der Waals surface area contributed by atoms with Crippen LogP contribution < -0.4 is 5.73 Å². The van der Waals surface area contributed by atoms with E-state index >= 15 is 0 Å². The molecule has 84 valence electrons.